The summed E-state index contributed by atoms with van der Waals surface area (Å²) in [6.45, 7) is 5.86. The van der Waals surface area contributed by atoms with Crippen LogP contribution in [0.5, 0.6) is 0 Å². The summed E-state index contributed by atoms with van der Waals surface area (Å²) in [5.41, 5.74) is 0. The molecule has 0 amide bonds. The summed E-state index contributed by atoms with van der Waals surface area (Å²) in [5.74, 6) is 1.30. The minimum absolute atomic E-state index is 0.219. The highest BCUT2D eigenvalue weighted by molar-refractivity contribution is 6.20. The first-order valence-corrected chi connectivity index (χ1v) is 6.36. The predicted octanol–water partition coefficient (Wildman–Crippen LogP) is 3.00. The van der Waals surface area contributed by atoms with Crippen molar-refractivity contribution in [2.75, 3.05) is 18.0 Å². The van der Waals surface area contributed by atoms with E-state index in [1.54, 1.807) is 0 Å². The molecule has 1 aromatic heterocycles. The van der Waals surface area contributed by atoms with Crippen molar-refractivity contribution in [3.8, 4) is 0 Å². The third-order valence-corrected chi connectivity index (χ3v) is 3.31. The first-order valence-electron chi connectivity index (χ1n) is 5.93. The Labute approximate surface area is 101 Å². The van der Waals surface area contributed by atoms with Gasteiger partial charge in [-0.05, 0) is 32.6 Å². The molecule has 5 heteroatoms. The Morgan fingerprint density at radius 1 is 1.50 bits per heavy atom. The molecule has 2 rings (SSSR count). The SMILES string of the molecule is CCN(CC1CCC1)c1nnc(C(C)Cl)o1. The topological polar surface area (TPSA) is 42.2 Å². The van der Waals surface area contributed by atoms with Crippen molar-refractivity contribution in [3.63, 3.8) is 0 Å². The fraction of sp³-hybridized carbons (Fsp3) is 0.818. The first kappa shape index (κ1) is 11.7. The number of rotatable bonds is 5. The van der Waals surface area contributed by atoms with E-state index in [1.807, 2.05) is 6.92 Å². The summed E-state index contributed by atoms with van der Waals surface area (Å²) in [4.78, 5) is 2.14. The van der Waals surface area contributed by atoms with Gasteiger partial charge in [0.1, 0.15) is 5.38 Å². The van der Waals surface area contributed by atoms with E-state index in [1.165, 1.54) is 19.3 Å². The normalized spacial score (nSPS) is 18.2. The molecule has 90 valence electrons. The molecule has 1 atom stereocenters. The van der Waals surface area contributed by atoms with Crippen LogP contribution in [0.2, 0.25) is 0 Å². The molecule has 1 aliphatic carbocycles. The predicted molar refractivity (Wildman–Crippen MR) is 63.8 cm³/mol. The number of nitrogens with zero attached hydrogens (tertiary/aromatic N) is 3. The van der Waals surface area contributed by atoms with Gasteiger partial charge in [0.25, 0.3) is 0 Å². The van der Waals surface area contributed by atoms with Crippen molar-refractivity contribution < 1.29 is 4.42 Å². The Morgan fingerprint density at radius 2 is 2.25 bits per heavy atom. The Bertz CT molecular complexity index is 336. The third-order valence-electron chi connectivity index (χ3n) is 3.13. The molecular formula is C11H18ClN3O. The third kappa shape index (κ3) is 2.48. The summed E-state index contributed by atoms with van der Waals surface area (Å²) < 4.78 is 5.54. The molecule has 0 bridgehead atoms. The van der Waals surface area contributed by atoms with Gasteiger partial charge in [0.05, 0.1) is 0 Å². The second kappa shape index (κ2) is 5.04. The Morgan fingerprint density at radius 3 is 2.69 bits per heavy atom. The molecule has 0 N–H and O–H groups in total. The number of anilines is 1. The highest BCUT2D eigenvalue weighted by atomic mass is 35.5. The summed E-state index contributed by atoms with van der Waals surface area (Å²) in [7, 11) is 0. The van der Waals surface area contributed by atoms with Crippen LogP contribution in [0, 0.1) is 5.92 Å². The van der Waals surface area contributed by atoms with Gasteiger partial charge in [0.2, 0.25) is 5.89 Å². The van der Waals surface area contributed by atoms with E-state index in [0.717, 1.165) is 19.0 Å². The van der Waals surface area contributed by atoms with E-state index in [0.29, 0.717) is 11.9 Å². The van der Waals surface area contributed by atoms with E-state index < -0.39 is 0 Å². The van der Waals surface area contributed by atoms with Crippen LogP contribution in [0.25, 0.3) is 0 Å². The summed E-state index contributed by atoms with van der Waals surface area (Å²) in [5, 5.41) is 7.77. The monoisotopic (exact) mass is 243 g/mol. The molecule has 0 aliphatic heterocycles. The number of hydrogen-bond acceptors (Lipinski definition) is 4. The summed E-state index contributed by atoms with van der Waals surface area (Å²) in [6.07, 6.45) is 4.00. The van der Waals surface area contributed by atoms with E-state index in [4.69, 9.17) is 16.0 Å². The Kier molecular flexibility index (Phi) is 3.69. The lowest BCUT2D eigenvalue weighted by molar-refractivity contribution is 0.312. The lowest BCUT2D eigenvalue weighted by Crippen LogP contribution is -2.32. The largest absolute Gasteiger partial charge is 0.406 e. The maximum atomic E-state index is 5.89. The Balaban J connectivity index is 2.00. The molecule has 0 aromatic carbocycles. The number of hydrogen-bond donors (Lipinski definition) is 0. The molecule has 1 aliphatic rings. The van der Waals surface area contributed by atoms with Gasteiger partial charge in [0.15, 0.2) is 0 Å². The fourth-order valence-corrected chi connectivity index (χ4v) is 1.93. The molecule has 1 heterocycles. The molecule has 0 saturated heterocycles. The summed E-state index contributed by atoms with van der Waals surface area (Å²) >= 11 is 5.89. The summed E-state index contributed by atoms with van der Waals surface area (Å²) in [6, 6.07) is 0.608. The molecule has 4 nitrogen and oxygen atoms in total. The van der Waals surface area contributed by atoms with Gasteiger partial charge in [-0.25, -0.2) is 0 Å². The van der Waals surface area contributed by atoms with Gasteiger partial charge in [-0.15, -0.1) is 16.7 Å². The van der Waals surface area contributed by atoms with E-state index in [2.05, 4.69) is 22.0 Å². The van der Waals surface area contributed by atoms with Gasteiger partial charge in [-0.2, -0.15) is 0 Å². The number of halogens is 1. The van der Waals surface area contributed by atoms with E-state index in [-0.39, 0.29) is 5.38 Å². The van der Waals surface area contributed by atoms with Crippen molar-refractivity contribution in [2.24, 2.45) is 5.92 Å². The molecule has 0 radical (unpaired) electrons. The molecule has 1 aromatic rings. The van der Waals surface area contributed by atoms with Crippen LogP contribution in [-0.4, -0.2) is 23.3 Å². The smallest absolute Gasteiger partial charge is 0.318 e. The molecule has 0 spiro atoms. The number of alkyl halides is 1. The van der Waals surface area contributed by atoms with Gasteiger partial charge in [0, 0.05) is 13.1 Å². The van der Waals surface area contributed by atoms with Crippen molar-refractivity contribution >= 4 is 17.6 Å². The lowest BCUT2D eigenvalue weighted by Gasteiger charge is -2.30. The fourth-order valence-electron chi connectivity index (χ4n) is 1.84. The minimum Gasteiger partial charge on any atom is -0.406 e. The van der Waals surface area contributed by atoms with Crippen LogP contribution in [-0.2, 0) is 0 Å². The van der Waals surface area contributed by atoms with Crippen LogP contribution in [0.3, 0.4) is 0 Å². The van der Waals surface area contributed by atoms with Crippen molar-refractivity contribution in [3.05, 3.63) is 5.89 Å². The second-order valence-corrected chi connectivity index (χ2v) is 5.03. The zero-order valence-corrected chi connectivity index (χ0v) is 10.6. The van der Waals surface area contributed by atoms with E-state index >= 15 is 0 Å². The molecule has 1 unspecified atom stereocenters. The standard InChI is InChI=1S/C11H18ClN3O/c1-3-15(7-9-5-4-6-9)11-14-13-10(16-11)8(2)12/h8-9H,3-7H2,1-2H3. The highest BCUT2D eigenvalue weighted by Crippen LogP contribution is 2.29. The van der Waals surface area contributed by atoms with Crippen molar-refractivity contribution in [1.82, 2.24) is 10.2 Å². The average Bonchev–Trinajstić information content (AvgIpc) is 2.65. The van der Waals surface area contributed by atoms with Crippen LogP contribution in [0.1, 0.15) is 44.4 Å². The van der Waals surface area contributed by atoms with Gasteiger partial charge in [-0.1, -0.05) is 11.5 Å². The second-order valence-electron chi connectivity index (χ2n) is 4.37. The quantitative estimate of drug-likeness (QED) is 0.746. The van der Waals surface area contributed by atoms with Crippen molar-refractivity contribution in [1.29, 1.82) is 0 Å². The molecular weight excluding hydrogens is 226 g/mol. The lowest BCUT2D eigenvalue weighted by atomic mass is 9.85. The molecule has 1 fully saturated rings. The maximum Gasteiger partial charge on any atom is 0.318 e. The highest BCUT2D eigenvalue weighted by Gasteiger charge is 2.23. The number of aromatic nitrogens is 2. The van der Waals surface area contributed by atoms with Crippen LogP contribution in [0.4, 0.5) is 6.01 Å². The maximum absolute atomic E-state index is 5.89. The van der Waals surface area contributed by atoms with Crippen LogP contribution in [0.15, 0.2) is 4.42 Å². The molecule has 1 saturated carbocycles. The van der Waals surface area contributed by atoms with E-state index in [9.17, 15) is 0 Å². The van der Waals surface area contributed by atoms with Gasteiger partial charge in [-0.3, -0.25) is 0 Å². The van der Waals surface area contributed by atoms with Crippen LogP contribution >= 0.6 is 11.6 Å². The van der Waals surface area contributed by atoms with Crippen LogP contribution < -0.4 is 4.90 Å². The van der Waals surface area contributed by atoms with Gasteiger partial charge < -0.3 is 9.32 Å². The minimum atomic E-state index is -0.219. The average molecular weight is 244 g/mol. The molecule has 16 heavy (non-hydrogen) atoms. The zero-order chi connectivity index (χ0) is 11.5. The zero-order valence-electron chi connectivity index (χ0n) is 9.82. The first-order chi connectivity index (χ1) is 7.70. The van der Waals surface area contributed by atoms with Crippen molar-refractivity contribution in [2.45, 2.75) is 38.5 Å². The van der Waals surface area contributed by atoms with Gasteiger partial charge >= 0.3 is 6.01 Å². The Hall–Kier alpha value is -0.770.